The fourth-order valence-corrected chi connectivity index (χ4v) is 3.56. The number of hydrogen-bond donors (Lipinski definition) is 0. The summed E-state index contributed by atoms with van der Waals surface area (Å²) >= 11 is 0. The summed E-state index contributed by atoms with van der Waals surface area (Å²) in [5.41, 5.74) is -0.557. The standard InChI is InChI=1S/C18H32O3/c1-2-20-17(19)18(15-21-18)14-10-5-3-4-7-11-16-12-8-6-9-13-16/h16H,2-15H2,1H3. The topological polar surface area (TPSA) is 38.8 Å². The van der Waals surface area contributed by atoms with Gasteiger partial charge in [0.2, 0.25) is 0 Å². The van der Waals surface area contributed by atoms with Crippen molar-refractivity contribution >= 4 is 5.97 Å². The third kappa shape index (κ3) is 5.61. The molecule has 0 N–H and O–H groups in total. The molecule has 0 amide bonds. The molecule has 21 heavy (non-hydrogen) atoms. The van der Waals surface area contributed by atoms with Crippen molar-refractivity contribution in [2.24, 2.45) is 5.92 Å². The highest BCUT2D eigenvalue weighted by atomic mass is 16.6. The van der Waals surface area contributed by atoms with Crippen molar-refractivity contribution in [2.45, 2.75) is 89.6 Å². The predicted molar refractivity (Wildman–Crippen MR) is 84.2 cm³/mol. The molecule has 0 radical (unpaired) electrons. The Morgan fingerprint density at radius 2 is 1.76 bits per heavy atom. The Morgan fingerprint density at radius 1 is 1.10 bits per heavy atom. The van der Waals surface area contributed by atoms with E-state index in [-0.39, 0.29) is 5.97 Å². The van der Waals surface area contributed by atoms with Gasteiger partial charge in [-0.25, -0.2) is 4.79 Å². The van der Waals surface area contributed by atoms with Gasteiger partial charge in [0.25, 0.3) is 0 Å². The van der Waals surface area contributed by atoms with Gasteiger partial charge in [-0.3, -0.25) is 0 Å². The van der Waals surface area contributed by atoms with Gasteiger partial charge >= 0.3 is 5.97 Å². The second-order valence-corrected chi connectivity index (χ2v) is 6.81. The van der Waals surface area contributed by atoms with Gasteiger partial charge in [-0.2, -0.15) is 0 Å². The molecule has 1 saturated heterocycles. The molecular formula is C18H32O3. The zero-order valence-electron chi connectivity index (χ0n) is 13.7. The van der Waals surface area contributed by atoms with E-state index >= 15 is 0 Å². The van der Waals surface area contributed by atoms with E-state index in [0.29, 0.717) is 13.2 Å². The average Bonchev–Trinajstić information content (AvgIpc) is 3.29. The first-order valence-electron chi connectivity index (χ1n) is 9.08. The van der Waals surface area contributed by atoms with Gasteiger partial charge in [0, 0.05) is 0 Å². The molecule has 2 rings (SSSR count). The van der Waals surface area contributed by atoms with Crippen LogP contribution in [0.15, 0.2) is 0 Å². The number of hydrogen-bond acceptors (Lipinski definition) is 3. The highest BCUT2D eigenvalue weighted by Crippen LogP contribution is 2.34. The molecule has 0 aromatic rings. The molecule has 0 aromatic carbocycles. The van der Waals surface area contributed by atoms with Crippen molar-refractivity contribution in [3.8, 4) is 0 Å². The van der Waals surface area contributed by atoms with E-state index in [9.17, 15) is 4.79 Å². The van der Waals surface area contributed by atoms with E-state index in [1.807, 2.05) is 6.92 Å². The smallest absolute Gasteiger partial charge is 0.340 e. The Hall–Kier alpha value is -0.570. The molecule has 1 aliphatic heterocycles. The molecule has 1 aliphatic carbocycles. The van der Waals surface area contributed by atoms with E-state index in [0.717, 1.165) is 18.8 Å². The molecule has 1 atom stereocenters. The normalized spacial score (nSPS) is 25.8. The Morgan fingerprint density at radius 3 is 2.43 bits per heavy atom. The van der Waals surface area contributed by atoms with Gasteiger partial charge < -0.3 is 9.47 Å². The van der Waals surface area contributed by atoms with Crippen LogP contribution in [0.5, 0.6) is 0 Å². The summed E-state index contributed by atoms with van der Waals surface area (Å²) in [6, 6.07) is 0. The van der Waals surface area contributed by atoms with Crippen molar-refractivity contribution in [1.82, 2.24) is 0 Å². The zero-order valence-corrected chi connectivity index (χ0v) is 13.7. The van der Waals surface area contributed by atoms with Gasteiger partial charge in [0.05, 0.1) is 13.2 Å². The fraction of sp³-hybridized carbons (Fsp3) is 0.944. The molecule has 122 valence electrons. The summed E-state index contributed by atoms with van der Waals surface area (Å²) in [5, 5.41) is 0. The number of esters is 1. The van der Waals surface area contributed by atoms with Crippen LogP contribution < -0.4 is 0 Å². The third-order valence-electron chi connectivity index (χ3n) is 5.06. The fourth-order valence-electron chi connectivity index (χ4n) is 3.56. The highest BCUT2D eigenvalue weighted by molar-refractivity contribution is 5.82. The number of epoxide rings is 1. The summed E-state index contributed by atoms with van der Waals surface area (Å²) in [5.74, 6) is 0.869. The lowest BCUT2D eigenvalue weighted by atomic mass is 9.85. The van der Waals surface area contributed by atoms with Crippen LogP contribution in [0.4, 0.5) is 0 Å². The van der Waals surface area contributed by atoms with Gasteiger partial charge in [0.15, 0.2) is 5.60 Å². The van der Waals surface area contributed by atoms with E-state index in [1.54, 1.807) is 0 Å². The van der Waals surface area contributed by atoms with Crippen LogP contribution >= 0.6 is 0 Å². The first kappa shape index (κ1) is 16.8. The molecule has 2 aliphatic rings. The summed E-state index contributed by atoms with van der Waals surface area (Å²) in [7, 11) is 0. The SMILES string of the molecule is CCOC(=O)C1(CCCCCCCC2CCCCC2)CO1. The summed E-state index contributed by atoms with van der Waals surface area (Å²) in [4.78, 5) is 11.7. The van der Waals surface area contributed by atoms with Crippen LogP contribution in [0.2, 0.25) is 0 Å². The van der Waals surface area contributed by atoms with Crippen LogP contribution in [0, 0.1) is 5.92 Å². The van der Waals surface area contributed by atoms with Crippen LogP contribution in [-0.4, -0.2) is 24.8 Å². The van der Waals surface area contributed by atoms with E-state index < -0.39 is 5.60 Å². The molecule has 1 heterocycles. The van der Waals surface area contributed by atoms with Crippen LogP contribution in [0.3, 0.4) is 0 Å². The molecule has 3 heteroatoms. The lowest BCUT2D eigenvalue weighted by Crippen LogP contribution is -2.27. The average molecular weight is 296 g/mol. The van der Waals surface area contributed by atoms with Gasteiger partial charge in [-0.1, -0.05) is 64.2 Å². The van der Waals surface area contributed by atoms with Crippen molar-refractivity contribution < 1.29 is 14.3 Å². The quantitative estimate of drug-likeness (QED) is 0.335. The van der Waals surface area contributed by atoms with Crippen LogP contribution in [0.25, 0.3) is 0 Å². The molecule has 2 fully saturated rings. The first-order valence-corrected chi connectivity index (χ1v) is 9.08. The molecule has 0 aromatic heterocycles. The molecule has 3 nitrogen and oxygen atoms in total. The lowest BCUT2D eigenvalue weighted by molar-refractivity contribution is -0.149. The molecule has 0 bridgehead atoms. The van der Waals surface area contributed by atoms with Crippen molar-refractivity contribution in [1.29, 1.82) is 0 Å². The minimum Gasteiger partial charge on any atom is -0.464 e. The third-order valence-corrected chi connectivity index (χ3v) is 5.06. The largest absolute Gasteiger partial charge is 0.464 e. The minimum atomic E-state index is -0.557. The van der Waals surface area contributed by atoms with E-state index in [4.69, 9.17) is 9.47 Å². The highest BCUT2D eigenvalue weighted by Gasteiger charge is 2.52. The Kier molecular flexibility index (Phi) is 7.01. The molecular weight excluding hydrogens is 264 g/mol. The lowest BCUT2D eigenvalue weighted by Gasteiger charge is -2.21. The Labute approximate surface area is 129 Å². The Bertz CT molecular complexity index is 304. The van der Waals surface area contributed by atoms with Crippen LogP contribution in [-0.2, 0) is 14.3 Å². The first-order chi connectivity index (χ1) is 10.3. The second kappa shape index (κ2) is 8.77. The molecule has 0 spiro atoms. The van der Waals surface area contributed by atoms with Crippen molar-refractivity contribution in [2.75, 3.05) is 13.2 Å². The summed E-state index contributed by atoms with van der Waals surface area (Å²) in [6.45, 7) is 2.86. The predicted octanol–water partition coefficient (Wildman–Crippen LogP) is 4.63. The number of ether oxygens (including phenoxy) is 2. The van der Waals surface area contributed by atoms with Crippen LogP contribution in [0.1, 0.15) is 84.0 Å². The number of carbonyl (C=O) groups excluding carboxylic acids is 1. The second-order valence-electron chi connectivity index (χ2n) is 6.81. The van der Waals surface area contributed by atoms with Gasteiger partial charge in [0.1, 0.15) is 0 Å². The number of carbonyl (C=O) groups is 1. The molecule has 1 saturated carbocycles. The maximum absolute atomic E-state index is 11.7. The zero-order chi connectivity index (χ0) is 15.0. The van der Waals surface area contributed by atoms with Gasteiger partial charge in [-0.15, -0.1) is 0 Å². The Balaban J connectivity index is 1.44. The van der Waals surface area contributed by atoms with Crippen molar-refractivity contribution in [3.63, 3.8) is 0 Å². The van der Waals surface area contributed by atoms with E-state index in [2.05, 4.69) is 0 Å². The number of rotatable bonds is 10. The van der Waals surface area contributed by atoms with Gasteiger partial charge in [-0.05, 0) is 25.7 Å². The molecule has 1 unspecified atom stereocenters. The summed E-state index contributed by atoms with van der Waals surface area (Å²) < 4.78 is 10.4. The number of unbranched alkanes of at least 4 members (excludes halogenated alkanes) is 4. The van der Waals surface area contributed by atoms with Crippen molar-refractivity contribution in [3.05, 3.63) is 0 Å². The monoisotopic (exact) mass is 296 g/mol. The summed E-state index contributed by atoms with van der Waals surface area (Å²) in [6.07, 6.45) is 15.9. The van der Waals surface area contributed by atoms with E-state index in [1.165, 1.54) is 64.2 Å². The maximum Gasteiger partial charge on any atom is 0.340 e. The maximum atomic E-state index is 11.7. The minimum absolute atomic E-state index is 0.151.